The molecule has 1 aliphatic carbocycles. The lowest BCUT2D eigenvalue weighted by Gasteiger charge is -2.16. The van der Waals surface area contributed by atoms with Gasteiger partial charge in [0.2, 0.25) is 10.0 Å². The van der Waals surface area contributed by atoms with Crippen molar-refractivity contribution in [2.75, 3.05) is 6.54 Å². The SMILES string of the molecule is Cn1cc(S(=O)(=O)NCCn2nc3c(cc2=O)CCCC3)c(=O)n(C)c1=O. The van der Waals surface area contributed by atoms with E-state index in [1.165, 1.54) is 18.8 Å². The van der Waals surface area contributed by atoms with Gasteiger partial charge in [0.05, 0.1) is 12.2 Å². The van der Waals surface area contributed by atoms with Crippen LogP contribution in [0, 0.1) is 0 Å². The fourth-order valence-electron chi connectivity index (χ4n) is 3.08. The fraction of sp³-hybridized carbons (Fsp3) is 0.500. The van der Waals surface area contributed by atoms with Gasteiger partial charge in [0.25, 0.3) is 11.1 Å². The predicted octanol–water partition coefficient (Wildman–Crippen LogP) is -1.50. The average molecular weight is 395 g/mol. The van der Waals surface area contributed by atoms with E-state index in [0.717, 1.165) is 52.3 Å². The molecule has 10 nitrogen and oxygen atoms in total. The standard InChI is InChI=1S/C16H21N5O5S/c1-19-10-13(15(23)20(2)16(19)24)27(25,26)17-7-8-21-14(22)9-11-5-3-4-6-12(11)18-21/h9-10,17H,3-8H2,1-2H3. The zero-order chi connectivity index (χ0) is 19.8. The highest BCUT2D eigenvalue weighted by atomic mass is 32.2. The van der Waals surface area contributed by atoms with Gasteiger partial charge in [-0.25, -0.2) is 22.6 Å². The Kier molecular flexibility index (Phi) is 5.16. The van der Waals surface area contributed by atoms with Gasteiger partial charge >= 0.3 is 5.69 Å². The van der Waals surface area contributed by atoms with Gasteiger partial charge in [-0.3, -0.25) is 14.2 Å². The number of aryl methyl sites for hydroxylation is 3. The summed E-state index contributed by atoms with van der Waals surface area (Å²) in [5, 5.41) is 4.32. The van der Waals surface area contributed by atoms with Gasteiger partial charge in [-0.05, 0) is 31.2 Å². The Hall–Kier alpha value is -2.53. The number of aromatic nitrogens is 4. The van der Waals surface area contributed by atoms with Gasteiger partial charge in [0, 0.05) is 32.9 Å². The van der Waals surface area contributed by atoms with E-state index >= 15 is 0 Å². The zero-order valence-corrected chi connectivity index (χ0v) is 16.0. The van der Waals surface area contributed by atoms with Crippen molar-refractivity contribution in [3.8, 4) is 0 Å². The molecule has 146 valence electrons. The Balaban J connectivity index is 1.79. The maximum absolute atomic E-state index is 12.4. The summed E-state index contributed by atoms with van der Waals surface area (Å²) in [7, 11) is -1.57. The second-order valence-corrected chi connectivity index (χ2v) is 8.27. The van der Waals surface area contributed by atoms with Gasteiger partial charge in [-0.15, -0.1) is 0 Å². The molecule has 2 heterocycles. The number of nitrogens with one attached hydrogen (secondary N) is 1. The third-order valence-electron chi connectivity index (χ3n) is 4.59. The average Bonchev–Trinajstić information content (AvgIpc) is 2.63. The van der Waals surface area contributed by atoms with Gasteiger partial charge in [0.1, 0.15) is 0 Å². The fourth-order valence-corrected chi connectivity index (χ4v) is 4.26. The van der Waals surface area contributed by atoms with E-state index in [4.69, 9.17) is 0 Å². The molecule has 1 N–H and O–H groups in total. The van der Waals surface area contributed by atoms with E-state index in [1.54, 1.807) is 6.07 Å². The first-order valence-electron chi connectivity index (χ1n) is 8.57. The number of sulfonamides is 1. The van der Waals surface area contributed by atoms with Gasteiger partial charge in [0.15, 0.2) is 4.90 Å². The molecule has 3 rings (SSSR count). The lowest BCUT2D eigenvalue weighted by atomic mass is 9.97. The third kappa shape index (κ3) is 3.78. The molecule has 2 aromatic heterocycles. The van der Waals surface area contributed by atoms with E-state index in [2.05, 4.69) is 9.82 Å². The Morgan fingerprint density at radius 2 is 1.85 bits per heavy atom. The van der Waals surface area contributed by atoms with Crippen molar-refractivity contribution < 1.29 is 8.42 Å². The summed E-state index contributed by atoms with van der Waals surface area (Å²) in [6, 6.07) is 1.55. The lowest BCUT2D eigenvalue weighted by Crippen LogP contribution is -2.42. The molecule has 0 unspecified atom stereocenters. The molecule has 27 heavy (non-hydrogen) atoms. The van der Waals surface area contributed by atoms with Crippen LogP contribution in [0.1, 0.15) is 24.1 Å². The summed E-state index contributed by atoms with van der Waals surface area (Å²) in [6.45, 7) is -0.0720. The number of hydrogen-bond donors (Lipinski definition) is 1. The molecule has 0 aliphatic heterocycles. The van der Waals surface area contributed by atoms with Crippen molar-refractivity contribution in [1.82, 2.24) is 23.6 Å². The van der Waals surface area contributed by atoms with Crippen LogP contribution in [0.3, 0.4) is 0 Å². The zero-order valence-electron chi connectivity index (χ0n) is 15.1. The summed E-state index contributed by atoms with van der Waals surface area (Å²) < 4.78 is 30.1. The van der Waals surface area contributed by atoms with Crippen molar-refractivity contribution in [2.45, 2.75) is 37.1 Å². The molecule has 0 saturated heterocycles. The molecule has 0 amide bonds. The molecule has 0 radical (unpaired) electrons. The van der Waals surface area contributed by atoms with E-state index in [0.29, 0.717) is 0 Å². The number of hydrogen-bond acceptors (Lipinski definition) is 6. The Bertz CT molecular complexity index is 1160. The van der Waals surface area contributed by atoms with Crippen LogP contribution in [-0.4, -0.2) is 33.9 Å². The molecule has 11 heteroatoms. The molecule has 0 fully saturated rings. The summed E-state index contributed by atoms with van der Waals surface area (Å²) in [5.41, 5.74) is 0.0127. The highest BCUT2D eigenvalue weighted by Gasteiger charge is 2.21. The van der Waals surface area contributed by atoms with Crippen LogP contribution < -0.4 is 21.5 Å². The Morgan fingerprint density at radius 1 is 1.15 bits per heavy atom. The first kappa shape index (κ1) is 19.2. The topological polar surface area (TPSA) is 125 Å². The van der Waals surface area contributed by atoms with E-state index in [-0.39, 0.29) is 18.6 Å². The predicted molar refractivity (Wildman–Crippen MR) is 97.3 cm³/mol. The Morgan fingerprint density at radius 3 is 2.59 bits per heavy atom. The van der Waals surface area contributed by atoms with Crippen LogP contribution in [0.5, 0.6) is 0 Å². The maximum atomic E-state index is 12.4. The molecular formula is C16H21N5O5S. The molecule has 0 aromatic carbocycles. The molecule has 1 aliphatic rings. The van der Waals surface area contributed by atoms with E-state index < -0.39 is 26.2 Å². The normalized spacial score (nSPS) is 14.1. The highest BCUT2D eigenvalue weighted by Crippen LogP contribution is 2.16. The monoisotopic (exact) mass is 395 g/mol. The second kappa shape index (κ2) is 7.24. The van der Waals surface area contributed by atoms with Gasteiger partial charge in [-0.2, -0.15) is 5.10 Å². The number of rotatable bonds is 5. The van der Waals surface area contributed by atoms with Crippen LogP contribution in [0.2, 0.25) is 0 Å². The van der Waals surface area contributed by atoms with E-state index in [1.807, 2.05) is 0 Å². The number of fused-ring (bicyclic) bond motifs is 1. The smallest absolute Gasteiger partial charge is 0.302 e. The van der Waals surface area contributed by atoms with Crippen LogP contribution in [-0.2, 0) is 43.5 Å². The first-order chi connectivity index (χ1) is 12.7. The summed E-state index contributed by atoms with van der Waals surface area (Å²) in [4.78, 5) is 35.4. The minimum atomic E-state index is -4.14. The van der Waals surface area contributed by atoms with Crippen LogP contribution in [0.15, 0.2) is 31.5 Å². The minimum absolute atomic E-state index is 0.0391. The van der Waals surface area contributed by atoms with Crippen molar-refractivity contribution in [3.63, 3.8) is 0 Å². The summed E-state index contributed by atoms with van der Waals surface area (Å²) in [5.74, 6) is 0. The third-order valence-corrected chi connectivity index (χ3v) is 6.04. The van der Waals surface area contributed by atoms with Crippen LogP contribution in [0.25, 0.3) is 0 Å². The van der Waals surface area contributed by atoms with Gasteiger partial charge < -0.3 is 4.57 Å². The van der Waals surface area contributed by atoms with E-state index in [9.17, 15) is 22.8 Å². The largest absolute Gasteiger partial charge is 0.330 e. The maximum Gasteiger partial charge on any atom is 0.330 e. The van der Waals surface area contributed by atoms with Crippen LogP contribution >= 0.6 is 0 Å². The van der Waals surface area contributed by atoms with Crippen molar-refractivity contribution >= 4 is 10.0 Å². The number of nitrogens with zero attached hydrogens (tertiary/aromatic N) is 4. The molecule has 2 aromatic rings. The van der Waals surface area contributed by atoms with Gasteiger partial charge in [-0.1, -0.05) is 0 Å². The molecular weight excluding hydrogens is 374 g/mol. The van der Waals surface area contributed by atoms with Crippen molar-refractivity contribution in [2.24, 2.45) is 14.1 Å². The summed E-state index contributed by atoms with van der Waals surface area (Å²) in [6.07, 6.45) is 4.67. The highest BCUT2D eigenvalue weighted by molar-refractivity contribution is 7.89. The Labute approximate surface area is 155 Å². The summed E-state index contributed by atoms with van der Waals surface area (Å²) >= 11 is 0. The van der Waals surface area contributed by atoms with Crippen molar-refractivity contribution in [1.29, 1.82) is 0 Å². The quantitative estimate of drug-likeness (QED) is 0.657. The molecule has 0 bridgehead atoms. The minimum Gasteiger partial charge on any atom is -0.302 e. The molecule has 0 spiro atoms. The molecule has 0 saturated carbocycles. The second-order valence-electron chi connectivity index (χ2n) is 6.53. The van der Waals surface area contributed by atoms with Crippen molar-refractivity contribution in [3.05, 3.63) is 54.7 Å². The first-order valence-corrected chi connectivity index (χ1v) is 10.1. The molecule has 0 atom stereocenters. The lowest BCUT2D eigenvalue weighted by molar-refractivity contribution is 0.524. The van der Waals surface area contributed by atoms with Crippen LogP contribution in [0.4, 0.5) is 0 Å².